The van der Waals surface area contributed by atoms with Crippen LogP contribution < -0.4 is 5.32 Å². The van der Waals surface area contributed by atoms with Crippen LogP contribution in [-0.2, 0) is 4.79 Å². The third-order valence-corrected chi connectivity index (χ3v) is 6.13. The highest BCUT2D eigenvalue weighted by molar-refractivity contribution is 5.91. The molecule has 0 atom stereocenters. The lowest BCUT2D eigenvalue weighted by atomic mass is 9.96. The molecule has 1 fully saturated rings. The normalized spacial score (nSPS) is 15.1. The number of amides is 1. The second-order valence-corrected chi connectivity index (χ2v) is 8.56. The molecule has 176 valence electrons. The van der Waals surface area contributed by atoms with E-state index >= 15 is 0 Å². The smallest absolute Gasteiger partial charge is 0.244 e. The number of carbonyl (C=O) groups is 1. The Morgan fingerprint density at radius 3 is 2.24 bits per heavy atom. The average Bonchev–Trinajstić information content (AvgIpc) is 2.88. The Labute approximate surface area is 201 Å². The average molecular weight is 457 g/mol. The molecule has 1 saturated heterocycles. The summed E-state index contributed by atoms with van der Waals surface area (Å²) in [5, 5.41) is 12.4. The zero-order valence-corrected chi connectivity index (χ0v) is 19.4. The van der Waals surface area contributed by atoms with Gasteiger partial charge in [-0.1, -0.05) is 60.7 Å². The van der Waals surface area contributed by atoms with Crippen LogP contribution in [0.5, 0.6) is 5.75 Å². The van der Waals surface area contributed by atoms with Crippen molar-refractivity contribution in [2.45, 2.75) is 12.5 Å². The fourth-order valence-electron chi connectivity index (χ4n) is 4.41. The van der Waals surface area contributed by atoms with E-state index in [2.05, 4.69) is 80.8 Å². The third kappa shape index (κ3) is 6.76. The molecular weight excluding hydrogens is 424 g/mol. The minimum atomic E-state index is -0.137. The zero-order valence-electron chi connectivity index (χ0n) is 19.4. The van der Waals surface area contributed by atoms with E-state index in [4.69, 9.17) is 0 Å². The lowest BCUT2D eigenvalue weighted by Crippen LogP contribution is -2.48. The van der Waals surface area contributed by atoms with Crippen LogP contribution in [0.15, 0.2) is 85.2 Å². The first-order valence-corrected chi connectivity index (χ1v) is 11.9. The number of rotatable bonds is 9. The zero-order chi connectivity index (χ0) is 23.6. The van der Waals surface area contributed by atoms with Gasteiger partial charge in [-0.15, -0.1) is 0 Å². The van der Waals surface area contributed by atoms with Crippen molar-refractivity contribution in [1.82, 2.24) is 20.1 Å². The largest absolute Gasteiger partial charge is 0.506 e. The molecule has 0 aliphatic carbocycles. The van der Waals surface area contributed by atoms with Crippen molar-refractivity contribution in [3.8, 4) is 5.75 Å². The fraction of sp³-hybridized carbons (Fsp3) is 0.286. The standard InChI is InChI=1S/C28H32N4O2/c33-26-20-23(21-29-22-26)12-13-27(34)30-14-7-15-31-16-18-32(19-17-31)28(24-8-3-1-4-9-24)25-10-5-2-6-11-25/h1-6,8-13,20-22,28,33H,7,14-19H2,(H,30,34). The van der Waals surface area contributed by atoms with Crippen LogP contribution in [0.1, 0.15) is 29.2 Å². The van der Waals surface area contributed by atoms with Crippen LogP contribution in [0.4, 0.5) is 0 Å². The Balaban J connectivity index is 1.22. The highest BCUT2D eigenvalue weighted by Crippen LogP contribution is 2.29. The maximum Gasteiger partial charge on any atom is 0.244 e. The summed E-state index contributed by atoms with van der Waals surface area (Å²) >= 11 is 0. The number of piperazine rings is 1. The number of pyridine rings is 1. The number of aromatic hydroxyl groups is 1. The van der Waals surface area contributed by atoms with Gasteiger partial charge in [-0.2, -0.15) is 0 Å². The predicted octanol–water partition coefficient (Wildman–Crippen LogP) is 3.71. The van der Waals surface area contributed by atoms with Crippen molar-refractivity contribution in [2.75, 3.05) is 39.3 Å². The Morgan fingerprint density at radius 2 is 1.62 bits per heavy atom. The van der Waals surface area contributed by atoms with Crippen LogP contribution in [0.2, 0.25) is 0 Å². The monoisotopic (exact) mass is 456 g/mol. The minimum absolute atomic E-state index is 0.0847. The van der Waals surface area contributed by atoms with Crippen molar-refractivity contribution in [3.05, 3.63) is 102 Å². The maximum absolute atomic E-state index is 12.0. The summed E-state index contributed by atoms with van der Waals surface area (Å²) in [5.41, 5.74) is 3.36. The first kappa shape index (κ1) is 23.7. The molecule has 4 rings (SSSR count). The molecule has 0 radical (unpaired) electrons. The van der Waals surface area contributed by atoms with E-state index < -0.39 is 0 Å². The van der Waals surface area contributed by atoms with E-state index in [1.165, 1.54) is 23.4 Å². The van der Waals surface area contributed by atoms with Crippen molar-refractivity contribution in [3.63, 3.8) is 0 Å². The van der Waals surface area contributed by atoms with Gasteiger partial charge in [0.15, 0.2) is 0 Å². The summed E-state index contributed by atoms with van der Waals surface area (Å²) in [6, 6.07) is 23.3. The van der Waals surface area contributed by atoms with Crippen molar-refractivity contribution in [1.29, 1.82) is 0 Å². The molecule has 0 bridgehead atoms. The van der Waals surface area contributed by atoms with Gasteiger partial charge < -0.3 is 15.3 Å². The summed E-state index contributed by atoms with van der Waals surface area (Å²) in [5.74, 6) is -0.0526. The minimum Gasteiger partial charge on any atom is -0.506 e. The molecule has 1 aliphatic heterocycles. The van der Waals surface area contributed by atoms with Crippen LogP contribution >= 0.6 is 0 Å². The van der Waals surface area contributed by atoms with Gasteiger partial charge in [0.1, 0.15) is 5.75 Å². The van der Waals surface area contributed by atoms with Gasteiger partial charge in [0.05, 0.1) is 12.2 Å². The summed E-state index contributed by atoms with van der Waals surface area (Å²) in [6.07, 6.45) is 7.00. The Bertz CT molecular complexity index is 1020. The molecule has 0 spiro atoms. The third-order valence-electron chi connectivity index (χ3n) is 6.13. The van der Waals surface area contributed by atoms with Crippen LogP contribution in [0.25, 0.3) is 6.08 Å². The predicted molar refractivity (Wildman–Crippen MR) is 135 cm³/mol. The van der Waals surface area contributed by atoms with E-state index in [-0.39, 0.29) is 17.7 Å². The topological polar surface area (TPSA) is 68.7 Å². The van der Waals surface area contributed by atoms with Crippen molar-refractivity contribution in [2.24, 2.45) is 0 Å². The van der Waals surface area contributed by atoms with Gasteiger partial charge in [0.2, 0.25) is 5.91 Å². The summed E-state index contributed by atoms with van der Waals surface area (Å²) in [6.45, 7) is 5.68. The second-order valence-electron chi connectivity index (χ2n) is 8.56. The number of hydrogen-bond donors (Lipinski definition) is 2. The molecule has 6 nitrogen and oxygen atoms in total. The van der Waals surface area contributed by atoms with Crippen molar-refractivity contribution >= 4 is 12.0 Å². The SMILES string of the molecule is O=C(C=Cc1cncc(O)c1)NCCCN1CCN(C(c2ccccc2)c2ccccc2)CC1. The van der Waals surface area contributed by atoms with Gasteiger partial charge in [-0.25, -0.2) is 0 Å². The summed E-state index contributed by atoms with van der Waals surface area (Å²) in [7, 11) is 0. The molecule has 2 aromatic carbocycles. The van der Waals surface area contributed by atoms with E-state index in [0.29, 0.717) is 12.1 Å². The summed E-state index contributed by atoms with van der Waals surface area (Å²) in [4.78, 5) is 21.0. The number of nitrogens with one attached hydrogen (secondary N) is 1. The fourth-order valence-corrected chi connectivity index (χ4v) is 4.41. The molecule has 3 aromatic rings. The lowest BCUT2D eigenvalue weighted by Gasteiger charge is -2.39. The molecule has 0 saturated carbocycles. The maximum atomic E-state index is 12.0. The van der Waals surface area contributed by atoms with Gasteiger partial charge >= 0.3 is 0 Å². The molecule has 1 aliphatic rings. The van der Waals surface area contributed by atoms with E-state index in [1.54, 1.807) is 18.3 Å². The van der Waals surface area contributed by atoms with E-state index in [9.17, 15) is 9.90 Å². The molecule has 34 heavy (non-hydrogen) atoms. The van der Waals surface area contributed by atoms with E-state index in [1.807, 2.05) is 0 Å². The first-order valence-electron chi connectivity index (χ1n) is 11.9. The molecule has 2 N–H and O–H groups in total. The number of benzene rings is 2. The molecule has 1 aromatic heterocycles. The Morgan fingerprint density at radius 1 is 0.971 bits per heavy atom. The molecule has 0 unspecified atom stereocenters. The lowest BCUT2D eigenvalue weighted by molar-refractivity contribution is -0.116. The van der Waals surface area contributed by atoms with E-state index in [0.717, 1.165) is 39.1 Å². The van der Waals surface area contributed by atoms with Gasteiger partial charge in [-0.05, 0) is 41.8 Å². The molecular formula is C28H32N4O2. The number of aromatic nitrogens is 1. The molecule has 1 amide bonds. The number of carbonyl (C=O) groups excluding carboxylic acids is 1. The Kier molecular flexibility index (Phi) is 8.43. The van der Waals surface area contributed by atoms with Crippen molar-refractivity contribution < 1.29 is 9.90 Å². The van der Waals surface area contributed by atoms with Gasteiger partial charge in [0.25, 0.3) is 0 Å². The van der Waals surface area contributed by atoms with Crippen LogP contribution in [-0.4, -0.2) is 65.1 Å². The molecule has 2 heterocycles. The highest BCUT2D eigenvalue weighted by atomic mass is 16.3. The number of nitrogens with zero attached hydrogens (tertiary/aromatic N) is 3. The number of hydrogen-bond acceptors (Lipinski definition) is 5. The second kappa shape index (κ2) is 12.1. The van der Waals surface area contributed by atoms with Gasteiger partial charge in [0, 0.05) is 45.0 Å². The molecule has 6 heteroatoms. The van der Waals surface area contributed by atoms with Gasteiger partial charge in [-0.3, -0.25) is 14.7 Å². The first-order chi connectivity index (χ1) is 16.7. The van der Waals surface area contributed by atoms with Crippen LogP contribution in [0, 0.1) is 0 Å². The quantitative estimate of drug-likeness (QED) is 0.380. The Hall–Kier alpha value is -3.48. The summed E-state index contributed by atoms with van der Waals surface area (Å²) < 4.78 is 0. The van der Waals surface area contributed by atoms with Crippen LogP contribution in [0.3, 0.4) is 0 Å². The highest BCUT2D eigenvalue weighted by Gasteiger charge is 2.26.